The first-order valence-corrected chi connectivity index (χ1v) is 7.68. The minimum absolute atomic E-state index is 0.252. The van der Waals surface area contributed by atoms with Gasteiger partial charge in [-0.2, -0.15) is 0 Å². The largest absolute Gasteiger partial charge is 0.481 e. The van der Waals surface area contributed by atoms with E-state index >= 15 is 0 Å². The van der Waals surface area contributed by atoms with Gasteiger partial charge in [-0.3, -0.25) is 4.79 Å². The van der Waals surface area contributed by atoms with Crippen molar-refractivity contribution >= 4 is 23.4 Å². The van der Waals surface area contributed by atoms with Gasteiger partial charge in [0.2, 0.25) is 0 Å². The molecule has 0 aliphatic carbocycles. The van der Waals surface area contributed by atoms with E-state index in [0.717, 1.165) is 10.6 Å². The highest BCUT2D eigenvalue weighted by Gasteiger charge is 2.15. The summed E-state index contributed by atoms with van der Waals surface area (Å²) in [6.07, 6.45) is 1.30. The predicted octanol–water partition coefficient (Wildman–Crippen LogP) is 3.95. The number of hydrogen-bond acceptors (Lipinski definition) is 3. The Kier molecular flexibility index (Phi) is 5.22. The van der Waals surface area contributed by atoms with Crippen LogP contribution in [0.5, 0.6) is 5.75 Å². The molecule has 0 saturated heterocycles. The van der Waals surface area contributed by atoms with Crippen LogP contribution in [-0.4, -0.2) is 18.3 Å². The van der Waals surface area contributed by atoms with Crippen molar-refractivity contribution in [2.75, 3.05) is 11.6 Å². The van der Waals surface area contributed by atoms with Crippen molar-refractivity contribution in [3.63, 3.8) is 0 Å². The molecular formula is C16H16FNO2S. The highest BCUT2D eigenvalue weighted by molar-refractivity contribution is 7.98. The second-order valence-corrected chi connectivity index (χ2v) is 5.31. The van der Waals surface area contributed by atoms with Crippen LogP contribution in [-0.2, 0) is 4.79 Å². The molecule has 0 spiro atoms. The molecule has 0 unspecified atom stereocenters. The molecule has 1 atom stereocenters. The molecule has 3 nitrogen and oxygen atoms in total. The number of rotatable bonds is 5. The van der Waals surface area contributed by atoms with Crippen LogP contribution in [0.2, 0.25) is 0 Å². The summed E-state index contributed by atoms with van der Waals surface area (Å²) in [5.74, 6) is -0.136. The van der Waals surface area contributed by atoms with Gasteiger partial charge in [-0.15, -0.1) is 11.8 Å². The van der Waals surface area contributed by atoms with Crippen molar-refractivity contribution < 1.29 is 13.9 Å². The third-order valence-corrected chi connectivity index (χ3v) is 3.56. The van der Waals surface area contributed by atoms with Crippen LogP contribution < -0.4 is 10.1 Å². The Balaban J connectivity index is 1.97. The van der Waals surface area contributed by atoms with Gasteiger partial charge in [0.15, 0.2) is 6.10 Å². The summed E-state index contributed by atoms with van der Waals surface area (Å²) < 4.78 is 18.3. The second kappa shape index (κ2) is 7.13. The third-order valence-electron chi connectivity index (χ3n) is 2.83. The molecule has 21 heavy (non-hydrogen) atoms. The Bertz CT molecular complexity index is 616. The van der Waals surface area contributed by atoms with Gasteiger partial charge in [0, 0.05) is 10.6 Å². The number of amides is 1. The molecule has 0 saturated carbocycles. The van der Waals surface area contributed by atoms with E-state index in [9.17, 15) is 9.18 Å². The van der Waals surface area contributed by atoms with Crippen LogP contribution in [0.4, 0.5) is 10.1 Å². The fourth-order valence-corrected chi connectivity index (χ4v) is 2.17. The standard InChI is InChI=1S/C16H16FNO2S/c1-11(20-14-8-6-12(17)7-9-14)16(19)18-13-4-3-5-15(10-13)21-2/h3-11H,1-2H3,(H,18,19)/t11-/m1/s1. The van der Waals surface area contributed by atoms with Crippen molar-refractivity contribution in [2.45, 2.75) is 17.9 Å². The molecule has 0 bridgehead atoms. The number of carbonyl (C=O) groups is 1. The fraction of sp³-hybridized carbons (Fsp3) is 0.188. The van der Waals surface area contributed by atoms with Gasteiger partial charge in [0.25, 0.3) is 5.91 Å². The monoisotopic (exact) mass is 305 g/mol. The molecule has 0 fully saturated rings. The summed E-state index contributed by atoms with van der Waals surface area (Å²) >= 11 is 1.60. The van der Waals surface area contributed by atoms with Gasteiger partial charge in [-0.1, -0.05) is 6.07 Å². The summed E-state index contributed by atoms with van der Waals surface area (Å²) in [5, 5.41) is 2.80. The maximum Gasteiger partial charge on any atom is 0.265 e. The average Bonchev–Trinajstić information content (AvgIpc) is 2.49. The van der Waals surface area contributed by atoms with Gasteiger partial charge >= 0.3 is 0 Å². The molecule has 110 valence electrons. The van der Waals surface area contributed by atoms with Crippen molar-refractivity contribution in [3.8, 4) is 5.75 Å². The summed E-state index contributed by atoms with van der Waals surface area (Å²) in [4.78, 5) is 13.1. The van der Waals surface area contributed by atoms with E-state index in [2.05, 4.69) is 5.32 Å². The van der Waals surface area contributed by atoms with E-state index in [4.69, 9.17) is 4.74 Å². The van der Waals surface area contributed by atoms with Crippen LogP contribution in [0.3, 0.4) is 0 Å². The van der Waals surface area contributed by atoms with E-state index in [1.807, 2.05) is 30.5 Å². The summed E-state index contributed by atoms with van der Waals surface area (Å²) in [6.45, 7) is 1.65. The molecule has 2 aromatic rings. The van der Waals surface area contributed by atoms with E-state index in [1.54, 1.807) is 18.7 Å². The molecule has 0 heterocycles. The molecular weight excluding hydrogens is 289 g/mol. The van der Waals surface area contributed by atoms with Gasteiger partial charge in [0.05, 0.1) is 0 Å². The van der Waals surface area contributed by atoms with Gasteiger partial charge in [-0.25, -0.2) is 4.39 Å². The number of hydrogen-bond donors (Lipinski definition) is 1. The van der Waals surface area contributed by atoms with Gasteiger partial charge in [-0.05, 0) is 55.6 Å². The number of anilines is 1. The highest BCUT2D eigenvalue weighted by Crippen LogP contribution is 2.19. The fourth-order valence-electron chi connectivity index (χ4n) is 1.72. The summed E-state index contributed by atoms with van der Waals surface area (Å²) in [7, 11) is 0. The van der Waals surface area contributed by atoms with Crippen LogP contribution >= 0.6 is 11.8 Å². The summed E-state index contributed by atoms with van der Waals surface area (Å²) in [5.41, 5.74) is 0.724. The minimum Gasteiger partial charge on any atom is -0.481 e. The Labute approximate surface area is 127 Å². The lowest BCUT2D eigenvalue weighted by Gasteiger charge is -2.15. The number of carbonyl (C=O) groups excluding carboxylic acids is 1. The number of nitrogens with one attached hydrogen (secondary N) is 1. The molecule has 2 rings (SSSR count). The molecule has 0 radical (unpaired) electrons. The Morgan fingerprint density at radius 2 is 1.95 bits per heavy atom. The Morgan fingerprint density at radius 1 is 1.24 bits per heavy atom. The first-order valence-electron chi connectivity index (χ1n) is 6.45. The van der Waals surface area contributed by atoms with E-state index in [-0.39, 0.29) is 11.7 Å². The molecule has 2 aromatic carbocycles. The lowest BCUT2D eigenvalue weighted by molar-refractivity contribution is -0.122. The lowest BCUT2D eigenvalue weighted by atomic mass is 10.3. The van der Waals surface area contributed by atoms with E-state index < -0.39 is 6.10 Å². The molecule has 0 aliphatic rings. The number of benzene rings is 2. The second-order valence-electron chi connectivity index (χ2n) is 4.44. The normalized spacial score (nSPS) is 11.8. The molecule has 1 amide bonds. The quantitative estimate of drug-likeness (QED) is 0.850. The van der Waals surface area contributed by atoms with Crippen LogP contribution in [0.15, 0.2) is 53.4 Å². The summed E-state index contributed by atoms with van der Waals surface area (Å²) in [6, 6.07) is 13.1. The van der Waals surface area contributed by atoms with Crippen LogP contribution in [0.1, 0.15) is 6.92 Å². The first-order chi connectivity index (χ1) is 10.1. The lowest BCUT2D eigenvalue weighted by Crippen LogP contribution is -2.30. The topological polar surface area (TPSA) is 38.3 Å². The van der Waals surface area contributed by atoms with Crippen molar-refractivity contribution in [3.05, 3.63) is 54.3 Å². The maximum atomic E-state index is 12.8. The van der Waals surface area contributed by atoms with E-state index in [1.165, 1.54) is 24.3 Å². The molecule has 1 N–H and O–H groups in total. The highest BCUT2D eigenvalue weighted by atomic mass is 32.2. The average molecular weight is 305 g/mol. The number of thioether (sulfide) groups is 1. The van der Waals surface area contributed by atoms with Crippen LogP contribution in [0, 0.1) is 5.82 Å². The zero-order chi connectivity index (χ0) is 15.2. The number of halogens is 1. The third kappa shape index (κ3) is 4.49. The smallest absolute Gasteiger partial charge is 0.265 e. The Morgan fingerprint density at radius 3 is 2.62 bits per heavy atom. The SMILES string of the molecule is CSc1cccc(NC(=O)[C@@H](C)Oc2ccc(F)cc2)c1. The van der Waals surface area contributed by atoms with Crippen molar-refractivity contribution in [1.29, 1.82) is 0 Å². The van der Waals surface area contributed by atoms with Crippen LogP contribution in [0.25, 0.3) is 0 Å². The maximum absolute atomic E-state index is 12.8. The molecule has 0 aliphatic heterocycles. The number of ether oxygens (including phenoxy) is 1. The van der Waals surface area contributed by atoms with Gasteiger partial charge in [0.1, 0.15) is 11.6 Å². The van der Waals surface area contributed by atoms with Crippen molar-refractivity contribution in [2.24, 2.45) is 0 Å². The minimum atomic E-state index is -0.673. The zero-order valence-corrected chi connectivity index (χ0v) is 12.6. The first kappa shape index (κ1) is 15.4. The van der Waals surface area contributed by atoms with Gasteiger partial charge < -0.3 is 10.1 Å². The molecule has 5 heteroatoms. The predicted molar refractivity (Wildman–Crippen MR) is 83.3 cm³/mol. The molecule has 0 aromatic heterocycles. The van der Waals surface area contributed by atoms with Crippen molar-refractivity contribution in [1.82, 2.24) is 0 Å². The Hall–Kier alpha value is -2.01. The zero-order valence-electron chi connectivity index (χ0n) is 11.8. The van der Waals surface area contributed by atoms with E-state index in [0.29, 0.717) is 5.75 Å².